The Hall–Kier alpha value is -3.10. The average Bonchev–Trinajstić information content (AvgIpc) is 3.19. The second kappa shape index (κ2) is 6.19. The van der Waals surface area contributed by atoms with Gasteiger partial charge in [0, 0.05) is 12.3 Å². The summed E-state index contributed by atoms with van der Waals surface area (Å²) in [4.78, 5) is 11.7. The van der Waals surface area contributed by atoms with Crippen LogP contribution in [0.4, 0.5) is 13.2 Å². The molecule has 3 aromatic heterocycles. The summed E-state index contributed by atoms with van der Waals surface area (Å²) in [6.07, 6.45) is 0.626. The first kappa shape index (κ1) is 15.8. The largest absolute Gasteiger partial charge is 0.465 e. The predicted molar refractivity (Wildman–Crippen MR) is 77.6 cm³/mol. The molecule has 0 fully saturated rings. The molecule has 24 heavy (non-hydrogen) atoms. The van der Waals surface area contributed by atoms with Crippen LogP contribution in [0, 0.1) is 0 Å². The van der Waals surface area contributed by atoms with Gasteiger partial charge in [0.25, 0.3) is 0 Å². The molecule has 0 aliphatic carbocycles. The zero-order valence-electron chi connectivity index (χ0n) is 12.1. The number of hydrogen-bond donors (Lipinski definition) is 1. The molecule has 3 aromatic rings. The first-order chi connectivity index (χ1) is 11.4. The molecular weight excluding hydrogens is 325 g/mol. The Labute approximate surface area is 133 Å². The molecule has 124 valence electrons. The number of fused-ring (bicyclic) bond motifs is 1. The zero-order chi connectivity index (χ0) is 17.2. The minimum Gasteiger partial charge on any atom is -0.465 e. The number of pyridine rings is 1. The smallest absolute Gasteiger partial charge is 0.417 e. The van der Waals surface area contributed by atoms with E-state index in [0.29, 0.717) is 5.76 Å². The lowest BCUT2D eigenvalue weighted by Gasteiger charge is -2.07. The SMILES string of the molecule is O=C(/C=C/c1ccco1)NCc1nnc2ccc(C(F)(F)F)cn12. The van der Waals surface area contributed by atoms with E-state index in [0.717, 1.165) is 12.3 Å². The predicted octanol–water partition coefficient (Wildman–Crippen LogP) is 2.67. The van der Waals surface area contributed by atoms with Crippen LogP contribution < -0.4 is 5.32 Å². The number of halogens is 3. The Morgan fingerprint density at radius 1 is 1.29 bits per heavy atom. The molecule has 0 aliphatic heterocycles. The maximum Gasteiger partial charge on any atom is 0.417 e. The molecule has 0 saturated carbocycles. The fourth-order valence-electron chi connectivity index (χ4n) is 2.00. The van der Waals surface area contributed by atoms with Gasteiger partial charge < -0.3 is 9.73 Å². The maximum absolute atomic E-state index is 12.8. The van der Waals surface area contributed by atoms with Crippen molar-refractivity contribution >= 4 is 17.6 Å². The number of carbonyl (C=O) groups is 1. The minimum atomic E-state index is -4.47. The van der Waals surface area contributed by atoms with Crippen LogP contribution >= 0.6 is 0 Å². The normalized spacial score (nSPS) is 12.1. The fourth-order valence-corrected chi connectivity index (χ4v) is 2.00. The van der Waals surface area contributed by atoms with Gasteiger partial charge in [0.1, 0.15) is 5.76 Å². The highest BCUT2D eigenvalue weighted by atomic mass is 19.4. The molecule has 3 rings (SSSR count). The lowest BCUT2D eigenvalue weighted by atomic mass is 10.3. The number of aromatic nitrogens is 3. The van der Waals surface area contributed by atoms with Crippen molar-refractivity contribution in [1.82, 2.24) is 19.9 Å². The summed E-state index contributed by atoms with van der Waals surface area (Å²) in [6.45, 7) is -0.0657. The van der Waals surface area contributed by atoms with Crippen molar-refractivity contribution in [2.24, 2.45) is 0 Å². The van der Waals surface area contributed by atoms with E-state index in [1.54, 1.807) is 12.1 Å². The number of hydrogen-bond acceptors (Lipinski definition) is 4. The highest BCUT2D eigenvalue weighted by Crippen LogP contribution is 2.29. The molecule has 0 bridgehead atoms. The van der Waals surface area contributed by atoms with Crippen LogP contribution in [0.25, 0.3) is 11.7 Å². The van der Waals surface area contributed by atoms with E-state index in [-0.39, 0.29) is 18.0 Å². The first-order valence-electron chi connectivity index (χ1n) is 6.84. The van der Waals surface area contributed by atoms with Crippen molar-refractivity contribution in [3.05, 3.63) is 59.9 Å². The van der Waals surface area contributed by atoms with Gasteiger partial charge in [-0.25, -0.2) is 0 Å². The standard InChI is InChI=1S/C15H11F3N4O2/c16-15(17,18)10-3-5-12-20-21-13(22(12)9-10)8-19-14(23)6-4-11-2-1-7-24-11/h1-7,9H,8H2,(H,19,23)/b6-4+. The summed E-state index contributed by atoms with van der Waals surface area (Å²) < 4.78 is 44.5. The summed E-state index contributed by atoms with van der Waals surface area (Å²) in [5.41, 5.74) is -0.557. The molecule has 0 spiro atoms. The molecule has 0 atom stereocenters. The van der Waals surface area contributed by atoms with Gasteiger partial charge in [-0.3, -0.25) is 9.20 Å². The topological polar surface area (TPSA) is 72.4 Å². The molecule has 0 aliphatic rings. The number of carbonyl (C=O) groups excluding carboxylic acids is 1. The van der Waals surface area contributed by atoms with Crippen molar-refractivity contribution in [3.8, 4) is 0 Å². The van der Waals surface area contributed by atoms with Crippen LogP contribution in [0.3, 0.4) is 0 Å². The summed E-state index contributed by atoms with van der Waals surface area (Å²) >= 11 is 0. The minimum absolute atomic E-state index is 0.0657. The van der Waals surface area contributed by atoms with Gasteiger partial charge in [0.15, 0.2) is 11.5 Å². The van der Waals surface area contributed by atoms with E-state index in [9.17, 15) is 18.0 Å². The van der Waals surface area contributed by atoms with Gasteiger partial charge in [-0.2, -0.15) is 13.2 Å². The molecule has 0 saturated heterocycles. The Morgan fingerprint density at radius 2 is 2.12 bits per heavy atom. The third-order valence-electron chi connectivity index (χ3n) is 3.16. The number of amides is 1. The van der Waals surface area contributed by atoms with E-state index in [1.807, 2.05) is 0 Å². The summed E-state index contributed by atoms with van der Waals surface area (Å²) in [5.74, 6) is 0.263. The molecular formula is C15H11F3N4O2. The van der Waals surface area contributed by atoms with Crippen molar-refractivity contribution in [3.63, 3.8) is 0 Å². The zero-order valence-corrected chi connectivity index (χ0v) is 12.1. The van der Waals surface area contributed by atoms with Gasteiger partial charge >= 0.3 is 6.18 Å². The third kappa shape index (κ3) is 3.45. The van der Waals surface area contributed by atoms with Crippen LogP contribution in [-0.4, -0.2) is 20.5 Å². The Bertz CT molecular complexity index is 882. The molecule has 1 amide bonds. The van der Waals surface area contributed by atoms with Gasteiger partial charge in [-0.1, -0.05) is 0 Å². The fraction of sp³-hybridized carbons (Fsp3) is 0.133. The Balaban J connectivity index is 1.72. The number of furan rings is 1. The monoisotopic (exact) mass is 336 g/mol. The van der Waals surface area contributed by atoms with E-state index < -0.39 is 17.6 Å². The van der Waals surface area contributed by atoms with Crippen LogP contribution in [0.5, 0.6) is 0 Å². The van der Waals surface area contributed by atoms with Crippen LogP contribution in [0.2, 0.25) is 0 Å². The van der Waals surface area contributed by atoms with E-state index in [1.165, 1.54) is 28.9 Å². The quantitative estimate of drug-likeness (QED) is 0.744. The van der Waals surface area contributed by atoms with Crippen LogP contribution in [0.15, 0.2) is 47.2 Å². The first-order valence-corrected chi connectivity index (χ1v) is 6.84. The van der Waals surface area contributed by atoms with Gasteiger partial charge in [-0.05, 0) is 30.3 Å². The molecule has 6 nitrogen and oxygen atoms in total. The lowest BCUT2D eigenvalue weighted by Crippen LogP contribution is -2.21. The van der Waals surface area contributed by atoms with Gasteiger partial charge in [0.2, 0.25) is 5.91 Å². The van der Waals surface area contributed by atoms with Crippen LogP contribution in [0.1, 0.15) is 17.1 Å². The van der Waals surface area contributed by atoms with E-state index >= 15 is 0 Å². The summed E-state index contributed by atoms with van der Waals surface area (Å²) in [7, 11) is 0. The number of nitrogens with zero attached hydrogens (tertiary/aromatic N) is 3. The van der Waals surface area contributed by atoms with Crippen molar-refractivity contribution in [2.45, 2.75) is 12.7 Å². The molecule has 1 N–H and O–H groups in total. The van der Waals surface area contributed by atoms with Crippen molar-refractivity contribution in [2.75, 3.05) is 0 Å². The second-order valence-electron chi connectivity index (χ2n) is 4.83. The Kier molecular flexibility index (Phi) is 4.07. The van der Waals surface area contributed by atoms with Crippen molar-refractivity contribution in [1.29, 1.82) is 0 Å². The van der Waals surface area contributed by atoms with Gasteiger partial charge in [-0.15, -0.1) is 10.2 Å². The average molecular weight is 336 g/mol. The molecule has 0 aromatic carbocycles. The van der Waals surface area contributed by atoms with Crippen LogP contribution in [-0.2, 0) is 17.5 Å². The number of rotatable bonds is 4. The maximum atomic E-state index is 12.8. The molecule has 0 radical (unpaired) electrons. The lowest BCUT2D eigenvalue weighted by molar-refractivity contribution is -0.137. The summed E-state index contributed by atoms with van der Waals surface area (Å²) in [6, 6.07) is 5.50. The van der Waals surface area contributed by atoms with E-state index in [4.69, 9.17) is 4.42 Å². The molecule has 0 unspecified atom stereocenters. The highest BCUT2D eigenvalue weighted by molar-refractivity contribution is 5.91. The number of alkyl halides is 3. The Morgan fingerprint density at radius 3 is 2.83 bits per heavy atom. The summed E-state index contributed by atoms with van der Waals surface area (Å²) in [5, 5.41) is 10.1. The highest BCUT2D eigenvalue weighted by Gasteiger charge is 2.31. The third-order valence-corrected chi connectivity index (χ3v) is 3.16. The second-order valence-corrected chi connectivity index (χ2v) is 4.83. The molecule has 9 heteroatoms. The number of nitrogens with one attached hydrogen (secondary N) is 1. The van der Waals surface area contributed by atoms with Crippen molar-refractivity contribution < 1.29 is 22.4 Å². The molecule has 3 heterocycles. The van der Waals surface area contributed by atoms with Gasteiger partial charge in [0.05, 0.1) is 18.4 Å². The van der Waals surface area contributed by atoms with E-state index in [2.05, 4.69) is 15.5 Å².